The van der Waals surface area contributed by atoms with Gasteiger partial charge in [0.15, 0.2) is 0 Å². The number of urea groups is 1. The van der Waals surface area contributed by atoms with Crippen molar-refractivity contribution in [3.63, 3.8) is 0 Å². The Labute approximate surface area is 138 Å². The van der Waals surface area contributed by atoms with Crippen LogP contribution < -0.4 is 15.4 Å². The molecule has 0 saturated carbocycles. The quantitative estimate of drug-likeness (QED) is 0.758. The van der Waals surface area contributed by atoms with Crippen LogP contribution in [-0.2, 0) is 0 Å². The smallest absolute Gasteiger partial charge is 0.319 e. The zero-order valence-electron chi connectivity index (χ0n) is 14.2. The van der Waals surface area contributed by atoms with Crippen molar-refractivity contribution in [2.24, 2.45) is 5.92 Å². The third-order valence-electron chi connectivity index (χ3n) is 4.14. The average Bonchev–Trinajstić information content (AvgIpc) is 2.55. The number of methoxy groups -OCH3 is 1. The van der Waals surface area contributed by atoms with Crippen LogP contribution in [0.5, 0.6) is 5.88 Å². The molecule has 1 fully saturated rings. The van der Waals surface area contributed by atoms with E-state index in [0.29, 0.717) is 18.1 Å². The summed E-state index contributed by atoms with van der Waals surface area (Å²) in [6.45, 7) is 6.57. The Kier molecular flexibility index (Phi) is 7.13. The lowest BCUT2D eigenvalue weighted by Crippen LogP contribution is -2.35. The van der Waals surface area contributed by atoms with Crippen molar-refractivity contribution < 1.29 is 9.53 Å². The fourth-order valence-corrected chi connectivity index (χ4v) is 2.97. The van der Waals surface area contributed by atoms with Crippen LogP contribution in [0.2, 0.25) is 0 Å². The first-order valence-electron chi connectivity index (χ1n) is 8.45. The molecule has 1 aromatic rings. The fraction of sp³-hybridized carbons (Fsp3) is 0.647. The monoisotopic (exact) mass is 320 g/mol. The minimum Gasteiger partial charge on any atom is -0.480 e. The zero-order chi connectivity index (χ0) is 16.5. The molecule has 1 atom stereocenters. The lowest BCUT2D eigenvalue weighted by molar-refractivity contribution is 0.181. The molecular weight excluding hydrogens is 292 g/mol. The lowest BCUT2D eigenvalue weighted by Gasteiger charge is -2.30. The van der Waals surface area contributed by atoms with Crippen molar-refractivity contribution in [3.05, 3.63) is 18.3 Å². The van der Waals surface area contributed by atoms with Crippen molar-refractivity contribution >= 4 is 11.7 Å². The number of hydrogen-bond donors (Lipinski definition) is 2. The Morgan fingerprint density at radius 3 is 3.13 bits per heavy atom. The molecule has 23 heavy (non-hydrogen) atoms. The van der Waals surface area contributed by atoms with Crippen LogP contribution in [-0.4, -0.2) is 49.2 Å². The maximum Gasteiger partial charge on any atom is 0.319 e. The van der Waals surface area contributed by atoms with Gasteiger partial charge in [0.1, 0.15) is 5.69 Å². The van der Waals surface area contributed by atoms with Crippen LogP contribution in [0.3, 0.4) is 0 Å². The Morgan fingerprint density at radius 1 is 1.48 bits per heavy atom. The molecule has 2 heterocycles. The van der Waals surface area contributed by atoms with Gasteiger partial charge in [-0.05, 0) is 56.8 Å². The molecule has 1 aliphatic heterocycles. The van der Waals surface area contributed by atoms with E-state index in [1.807, 2.05) is 0 Å². The summed E-state index contributed by atoms with van der Waals surface area (Å²) < 4.78 is 5.11. The molecule has 0 aliphatic carbocycles. The van der Waals surface area contributed by atoms with E-state index < -0.39 is 0 Å². The maximum absolute atomic E-state index is 11.9. The highest BCUT2D eigenvalue weighted by Crippen LogP contribution is 2.19. The maximum atomic E-state index is 11.9. The normalized spacial score (nSPS) is 18.4. The first-order chi connectivity index (χ1) is 11.2. The van der Waals surface area contributed by atoms with Gasteiger partial charge in [-0.2, -0.15) is 0 Å². The van der Waals surface area contributed by atoms with Gasteiger partial charge in [0, 0.05) is 19.3 Å². The average molecular weight is 320 g/mol. The largest absolute Gasteiger partial charge is 0.480 e. The number of unbranched alkanes of at least 4 members (excludes halogenated alkanes) is 1. The Balaban J connectivity index is 1.59. The Morgan fingerprint density at radius 2 is 2.35 bits per heavy atom. The molecule has 6 heteroatoms. The number of ether oxygens (including phenoxy) is 1. The summed E-state index contributed by atoms with van der Waals surface area (Å²) in [5.41, 5.74) is 0.579. The van der Waals surface area contributed by atoms with Gasteiger partial charge in [-0.15, -0.1) is 0 Å². The summed E-state index contributed by atoms with van der Waals surface area (Å²) in [7, 11) is 1.53. The highest BCUT2D eigenvalue weighted by Gasteiger charge is 2.15. The van der Waals surface area contributed by atoms with Crippen molar-refractivity contribution in [1.29, 1.82) is 0 Å². The first kappa shape index (κ1) is 17.5. The summed E-state index contributed by atoms with van der Waals surface area (Å²) in [4.78, 5) is 18.5. The van der Waals surface area contributed by atoms with Crippen LogP contribution in [0.15, 0.2) is 18.3 Å². The number of nitrogens with zero attached hydrogens (tertiary/aromatic N) is 2. The highest BCUT2D eigenvalue weighted by molar-refractivity contribution is 5.90. The second kappa shape index (κ2) is 9.35. The van der Waals surface area contributed by atoms with E-state index >= 15 is 0 Å². The molecule has 1 aromatic heterocycles. The topological polar surface area (TPSA) is 66.5 Å². The van der Waals surface area contributed by atoms with Crippen molar-refractivity contribution in [3.8, 4) is 5.88 Å². The minimum atomic E-state index is -0.220. The summed E-state index contributed by atoms with van der Waals surface area (Å²) in [6, 6.07) is 3.31. The number of carbonyl (C=O) groups excluding carboxylic acids is 1. The van der Waals surface area contributed by atoms with E-state index in [0.717, 1.165) is 25.3 Å². The fourth-order valence-electron chi connectivity index (χ4n) is 2.97. The lowest BCUT2D eigenvalue weighted by atomic mass is 10.0. The number of carbonyl (C=O) groups is 1. The number of pyridine rings is 1. The van der Waals surface area contributed by atoms with Gasteiger partial charge in [-0.25, -0.2) is 9.78 Å². The first-order valence-corrected chi connectivity index (χ1v) is 8.45. The third-order valence-corrected chi connectivity index (χ3v) is 4.14. The van der Waals surface area contributed by atoms with Crippen LogP contribution in [0.4, 0.5) is 10.5 Å². The molecule has 0 spiro atoms. The molecular formula is C17H28N4O2. The van der Waals surface area contributed by atoms with Crippen molar-refractivity contribution in [2.75, 3.05) is 38.6 Å². The number of nitrogens with one attached hydrogen (secondary N) is 2. The molecule has 2 rings (SSSR count). The number of hydrogen-bond acceptors (Lipinski definition) is 4. The van der Waals surface area contributed by atoms with E-state index in [-0.39, 0.29) is 6.03 Å². The number of aromatic nitrogens is 1. The SMILES string of the molecule is COc1ncccc1NC(=O)NCCCCN1CCCC(C)C1. The van der Waals surface area contributed by atoms with E-state index in [2.05, 4.69) is 27.4 Å². The van der Waals surface area contributed by atoms with Crippen LogP contribution in [0, 0.1) is 5.92 Å². The molecule has 1 saturated heterocycles. The van der Waals surface area contributed by atoms with Crippen LogP contribution in [0.25, 0.3) is 0 Å². The molecule has 2 N–H and O–H groups in total. The third kappa shape index (κ3) is 6.06. The summed E-state index contributed by atoms with van der Waals surface area (Å²) in [5.74, 6) is 1.24. The zero-order valence-corrected chi connectivity index (χ0v) is 14.2. The second-order valence-electron chi connectivity index (χ2n) is 6.20. The van der Waals surface area contributed by atoms with Gasteiger partial charge in [0.2, 0.25) is 5.88 Å². The molecule has 6 nitrogen and oxygen atoms in total. The molecule has 0 radical (unpaired) electrons. The molecule has 2 amide bonds. The molecule has 0 aromatic carbocycles. The van der Waals surface area contributed by atoms with Gasteiger partial charge in [-0.3, -0.25) is 0 Å². The van der Waals surface area contributed by atoms with E-state index in [4.69, 9.17) is 4.74 Å². The number of anilines is 1. The van der Waals surface area contributed by atoms with Crippen molar-refractivity contribution in [1.82, 2.24) is 15.2 Å². The molecule has 128 valence electrons. The van der Waals surface area contributed by atoms with Gasteiger partial charge >= 0.3 is 6.03 Å². The van der Waals surface area contributed by atoms with Gasteiger partial charge < -0.3 is 20.3 Å². The Hall–Kier alpha value is -1.82. The summed E-state index contributed by atoms with van der Waals surface area (Å²) in [6.07, 6.45) is 6.40. The number of amides is 2. The second-order valence-corrected chi connectivity index (χ2v) is 6.20. The van der Waals surface area contributed by atoms with E-state index in [9.17, 15) is 4.79 Å². The molecule has 0 bridgehead atoms. The highest BCUT2D eigenvalue weighted by atomic mass is 16.5. The molecule has 1 unspecified atom stereocenters. The number of rotatable bonds is 7. The predicted molar refractivity (Wildman–Crippen MR) is 91.9 cm³/mol. The number of piperidine rings is 1. The van der Waals surface area contributed by atoms with Crippen LogP contribution >= 0.6 is 0 Å². The van der Waals surface area contributed by atoms with Crippen molar-refractivity contribution in [2.45, 2.75) is 32.6 Å². The Bertz CT molecular complexity index is 495. The summed E-state index contributed by atoms with van der Waals surface area (Å²) >= 11 is 0. The summed E-state index contributed by atoms with van der Waals surface area (Å²) in [5, 5.41) is 5.64. The van der Waals surface area contributed by atoms with E-state index in [1.54, 1.807) is 18.3 Å². The number of likely N-dealkylation sites (tertiary alicyclic amines) is 1. The van der Waals surface area contributed by atoms with Gasteiger partial charge in [0.25, 0.3) is 0 Å². The minimum absolute atomic E-state index is 0.220. The molecule has 1 aliphatic rings. The predicted octanol–water partition coefficient (Wildman–Crippen LogP) is 2.72. The van der Waals surface area contributed by atoms with Crippen LogP contribution in [0.1, 0.15) is 32.6 Å². The van der Waals surface area contributed by atoms with Gasteiger partial charge in [0.05, 0.1) is 7.11 Å². The standard InChI is InChI=1S/C17H28N4O2/c1-14-7-6-12-21(13-14)11-4-3-9-19-17(22)20-15-8-5-10-18-16(15)23-2/h5,8,10,14H,3-4,6-7,9,11-13H2,1-2H3,(H2,19,20,22). The van der Waals surface area contributed by atoms with E-state index in [1.165, 1.54) is 33.0 Å². The van der Waals surface area contributed by atoms with Gasteiger partial charge in [-0.1, -0.05) is 6.92 Å².